The van der Waals surface area contributed by atoms with E-state index in [0.717, 1.165) is 44.6 Å². The summed E-state index contributed by atoms with van der Waals surface area (Å²) in [4.78, 5) is 24.1. The van der Waals surface area contributed by atoms with Gasteiger partial charge in [0.15, 0.2) is 0 Å². The van der Waals surface area contributed by atoms with Gasteiger partial charge in [0.1, 0.15) is 5.75 Å². The van der Waals surface area contributed by atoms with Crippen LogP contribution in [0.1, 0.15) is 29.0 Å². The molecular weight excluding hydrogens is 474 g/mol. The summed E-state index contributed by atoms with van der Waals surface area (Å²) in [5.74, 6) is -0.647. The number of aromatic hydroxyl groups is 1. The minimum atomic E-state index is -0.868. The summed E-state index contributed by atoms with van der Waals surface area (Å²) in [6.07, 6.45) is 0.668. The van der Waals surface area contributed by atoms with Crippen LogP contribution in [0.5, 0.6) is 5.75 Å². The highest BCUT2D eigenvalue weighted by Crippen LogP contribution is 2.65. The molecule has 1 aliphatic carbocycles. The van der Waals surface area contributed by atoms with Gasteiger partial charge in [-0.2, -0.15) is 0 Å². The number of hydrogen-bond acceptors (Lipinski definition) is 3. The third-order valence-electron chi connectivity index (χ3n) is 7.35. The predicted molar refractivity (Wildman–Crippen MR) is 139 cm³/mol. The normalized spacial score (nSPS) is 19.7. The van der Waals surface area contributed by atoms with Gasteiger partial charge in [-0.3, -0.25) is 9.59 Å². The molecule has 1 amide bonds. The fourth-order valence-corrected chi connectivity index (χ4v) is 5.70. The third-order valence-corrected chi connectivity index (χ3v) is 7.66. The lowest BCUT2D eigenvalue weighted by atomic mass is 9.89. The van der Waals surface area contributed by atoms with Gasteiger partial charge < -0.3 is 15.5 Å². The van der Waals surface area contributed by atoms with Crippen LogP contribution >= 0.6 is 11.6 Å². The number of aliphatic carboxylic acids is 1. The molecule has 1 spiro atoms. The smallest absolute Gasteiger partial charge is 0.307 e. The molecule has 0 aromatic heterocycles. The first-order valence-electron chi connectivity index (χ1n) is 11.7. The van der Waals surface area contributed by atoms with E-state index in [2.05, 4.69) is 5.32 Å². The van der Waals surface area contributed by atoms with Crippen LogP contribution in [-0.4, -0.2) is 22.1 Å². The molecular formula is C30H22ClNO4. The minimum absolute atomic E-state index is 0.0232. The minimum Gasteiger partial charge on any atom is -0.507 e. The first-order chi connectivity index (χ1) is 17.4. The van der Waals surface area contributed by atoms with Gasteiger partial charge in [0.2, 0.25) is 5.91 Å². The van der Waals surface area contributed by atoms with Crippen molar-refractivity contribution in [2.45, 2.75) is 24.2 Å². The topological polar surface area (TPSA) is 86.6 Å². The average molecular weight is 496 g/mol. The number of phenols is 1. The van der Waals surface area contributed by atoms with Crippen LogP contribution in [0.3, 0.4) is 0 Å². The van der Waals surface area contributed by atoms with Gasteiger partial charge >= 0.3 is 5.97 Å². The zero-order valence-corrected chi connectivity index (χ0v) is 19.9. The Labute approximate surface area is 213 Å². The van der Waals surface area contributed by atoms with Crippen LogP contribution in [0.4, 0.5) is 5.69 Å². The number of para-hydroxylation sites is 1. The van der Waals surface area contributed by atoms with E-state index in [4.69, 9.17) is 16.7 Å². The Morgan fingerprint density at radius 1 is 0.944 bits per heavy atom. The number of amides is 1. The Kier molecular flexibility index (Phi) is 5.13. The molecule has 178 valence electrons. The standard InChI is InChI=1S/C30H22ClNO4/c31-25-15-26-23(14-22(25)19-11-9-18(10-12-19)21-3-1-2-4-27(21)33)30(29(36)32-26)16-24(30)20-7-5-17(6-8-20)13-28(34)35/h1-12,14-15,24,33H,13,16H2,(H,32,36)(H,34,35). The Hall–Kier alpha value is -4.09. The molecule has 4 aromatic rings. The van der Waals surface area contributed by atoms with E-state index in [9.17, 15) is 14.7 Å². The predicted octanol–water partition coefficient (Wildman–Crippen LogP) is 6.38. The summed E-state index contributed by atoms with van der Waals surface area (Å²) in [5, 5.41) is 22.8. The van der Waals surface area contributed by atoms with Crippen molar-refractivity contribution < 1.29 is 19.8 Å². The maximum absolute atomic E-state index is 13.1. The number of rotatable bonds is 5. The van der Waals surface area contributed by atoms with Crippen molar-refractivity contribution in [3.05, 3.63) is 107 Å². The largest absolute Gasteiger partial charge is 0.507 e. The van der Waals surface area contributed by atoms with Crippen LogP contribution in [0.2, 0.25) is 5.02 Å². The highest BCUT2D eigenvalue weighted by atomic mass is 35.5. The van der Waals surface area contributed by atoms with E-state index in [0.29, 0.717) is 11.4 Å². The second kappa shape index (κ2) is 8.25. The van der Waals surface area contributed by atoms with Crippen molar-refractivity contribution in [2.75, 3.05) is 5.32 Å². The fraction of sp³-hybridized carbons (Fsp3) is 0.133. The number of phenolic OH excluding ortho intramolecular Hbond substituents is 1. The van der Waals surface area contributed by atoms with Crippen molar-refractivity contribution in [1.82, 2.24) is 0 Å². The summed E-state index contributed by atoms with van der Waals surface area (Å²) in [5.41, 5.74) is 6.22. The first kappa shape index (κ1) is 22.4. The lowest BCUT2D eigenvalue weighted by Gasteiger charge is -2.13. The lowest BCUT2D eigenvalue weighted by molar-refractivity contribution is -0.136. The van der Waals surface area contributed by atoms with Crippen molar-refractivity contribution in [3.63, 3.8) is 0 Å². The lowest BCUT2D eigenvalue weighted by Crippen LogP contribution is -2.21. The maximum atomic E-state index is 13.1. The number of halogens is 1. The highest BCUT2D eigenvalue weighted by Gasteiger charge is 2.65. The monoisotopic (exact) mass is 495 g/mol. The maximum Gasteiger partial charge on any atom is 0.307 e. The van der Waals surface area contributed by atoms with Crippen LogP contribution in [0.25, 0.3) is 22.3 Å². The van der Waals surface area contributed by atoms with Crippen molar-refractivity contribution in [3.8, 4) is 28.0 Å². The van der Waals surface area contributed by atoms with E-state index in [1.807, 2.05) is 72.8 Å². The second-order valence-electron chi connectivity index (χ2n) is 9.47. The summed E-state index contributed by atoms with van der Waals surface area (Å²) in [6.45, 7) is 0. The van der Waals surface area contributed by atoms with Crippen LogP contribution < -0.4 is 5.32 Å². The van der Waals surface area contributed by atoms with E-state index in [1.54, 1.807) is 12.1 Å². The number of anilines is 1. The molecule has 4 aromatic carbocycles. The molecule has 36 heavy (non-hydrogen) atoms. The molecule has 0 radical (unpaired) electrons. The Morgan fingerprint density at radius 2 is 1.61 bits per heavy atom. The van der Waals surface area contributed by atoms with E-state index < -0.39 is 11.4 Å². The Balaban J connectivity index is 1.33. The number of hydrogen-bond donors (Lipinski definition) is 3. The van der Waals surface area contributed by atoms with Crippen molar-refractivity contribution in [1.29, 1.82) is 0 Å². The van der Waals surface area contributed by atoms with Gasteiger partial charge in [-0.15, -0.1) is 0 Å². The van der Waals surface area contributed by atoms with Gasteiger partial charge in [0.05, 0.1) is 16.9 Å². The van der Waals surface area contributed by atoms with Gasteiger partial charge in [-0.05, 0) is 52.4 Å². The molecule has 3 N–H and O–H groups in total. The summed E-state index contributed by atoms with van der Waals surface area (Å²) in [6, 6.07) is 26.4. The second-order valence-corrected chi connectivity index (χ2v) is 9.87. The molecule has 2 aliphatic rings. The molecule has 1 heterocycles. The van der Waals surface area contributed by atoms with Gasteiger partial charge in [0, 0.05) is 22.7 Å². The molecule has 2 unspecified atom stereocenters. The molecule has 6 rings (SSSR count). The number of nitrogens with one attached hydrogen (secondary N) is 1. The molecule has 1 saturated carbocycles. The first-order valence-corrected chi connectivity index (χ1v) is 12.1. The van der Waals surface area contributed by atoms with E-state index in [1.165, 1.54) is 0 Å². The number of fused-ring (bicyclic) bond motifs is 2. The van der Waals surface area contributed by atoms with Crippen LogP contribution in [-0.2, 0) is 21.4 Å². The quantitative estimate of drug-likeness (QED) is 0.299. The van der Waals surface area contributed by atoms with Crippen LogP contribution in [0.15, 0.2) is 84.9 Å². The van der Waals surface area contributed by atoms with E-state index >= 15 is 0 Å². The van der Waals surface area contributed by atoms with Crippen LogP contribution in [0, 0.1) is 0 Å². The molecule has 2 atom stereocenters. The molecule has 1 aliphatic heterocycles. The average Bonchev–Trinajstić information content (AvgIpc) is 3.55. The number of carboxylic acid groups (broad SMARTS) is 1. The van der Waals surface area contributed by atoms with Crippen molar-refractivity contribution in [2.24, 2.45) is 0 Å². The SMILES string of the molecule is O=C(O)Cc1ccc(C2CC23C(=O)Nc2cc(Cl)c(-c4ccc(-c5ccccc5O)cc4)cc23)cc1. The number of carbonyl (C=O) groups excluding carboxylic acids is 1. The van der Waals surface area contributed by atoms with Gasteiger partial charge in [-0.1, -0.05) is 78.3 Å². The summed E-state index contributed by atoms with van der Waals surface area (Å²) in [7, 11) is 0. The molecule has 6 heteroatoms. The number of benzene rings is 4. The molecule has 0 bridgehead atoms. The van der Waals surface area contributed by atoms with Gasteiger partial charge in [0.25, 0.3) is 0 Å². The zero-order chi connectivity index (χ0) is 25.0. The Morgan fingerprint density at radius 3 is 2.28 bits per heavy atom. The highest BCUT2D eigenvalue weighted by molar-refractivity contribution is 6.34. The van der Waals surface area contributed by atoms with Gasteiger partial charge in [-0.25, -0.2) is 0 Å². The summed E-state index contributed by atoms with van der Waals surface area (Å²) >= 11 is 6.66. The summed E-state index contributed by atoms with van der Waals surface area (Å²) < 4.78 is 0. The molecule has 5 nitrogen and oxygen atoms in total. The van der Waals surface area contributed by atoms with Crippen molar-refractivity contribution >= 4 is 29.2 Å². The molecule has 1 fully saturated rings. The number of carboxylic acids is 1. The zero-order valence-electron chi connectivity index (χ0n) is 19.2. The Bertz CT molecular complexity index is 1530. The fourth-order valence-electron chi connectivity index (χ4n) is 5.43. The molecule has 0 saturated heterocycles. The third kappa shape index (κ3) is 3.55. The number of carbonyl (C=O) groups is 2. The van der Waals surface area contributed by atoms with E-state index in [-0.39, 0.29) is 24.0 Å².